The van der Waals surface area contributed by atoms with Crippen molar-refractivity contribution >= 4 is 23.7 Å². The minimum absolute atomic E-state index is 0.104. The Kier molecular flexibility index (Phi) is 5.12. The van der Waals surface area contributed by atoms with Crippen molar-refractivity contribution in [3.05, 3.63) is 46.2 Å². The van der Waals surface area contributed by atoms with Gasteiger partial charge in [0, 0.05) is 12.0 Å². The van der Waals surface area contributed by atoms with Crippen LogP contribution >= 0.6 is 11.6 Å². The van der Waals surface area contributed by atoms with Crippen molar-refractivity contribution in [3.63, 3.8) is 0 Å². The fraction of sp³-hybridized carbons (Fsp3) is 0.267. The monoisotopic (exact) mass is 320 g/mol. The number of rotatable bonds is 5. The fourth-order valence-electron chi connectivity index (χ4n) is 1.74. The van der Waals surface area contributed by atoms with Crippen LogP contribution in [0, 0.1) is 23.1 Å². The molecule has 0 saturated carbocycles. The SMILES string of the molecule is CC(C)Cc1nc(C#N)c(N/N=C/c2c(F)cccc2Cl)o1. The van der Waals surface area contributed by atoms with E-state index in [2.05, 4.69) is 15.5 Å². The van der Waals surface area contributed by atoms with E-state index in [-0.39, 0.29) is 22.2 Å². The second-order valence-corrected chi connectivity index (χ2v) is 5.41. The molecule has 0 radical (unpaired) electrons. The Labute approximate surface area is 132 Å². The highest BCUT2D eigenvalue weighted by Crippen LogP contribution is 2.20. The Morgan fingerprint density at radius 2 is 2.32 bits per heavy atom. The third-order valence-electron chi connectivity index (χ3n) is 2.72. The van der Waals surface area contributed by atoms with Crippen LogP contribution < -0.4 is 5.43 Å². The number of hydrogen-bond acceptors (Lipinski definition) is 5. The molecule has 0 aliphatic carbocycles. The van der Waals surface area contributed by atoms with Gasteiger partial charge in [0.1, 0.15) is 11.9 Å². The van der Waals surface area contributed by atoms with Gasteiger partial charge in [0.25, 0.3) is 5.88 Å². The van der Waals surface area contributed by atoms with Gasteiger partial charge in [-0.15, -0.1) is 0 Å². The molecule has 0 aliphatic heterocycles. The zero-order valence-electron chi connectivity index (χ0n) is 12.1. The van der Waals surface area contributed by atoms with E-state index in [9.17, 15) is 4.39 Å². The zero-order valence-corrected chi connectivity index (χ0v) is 12.9. The molecule has 0 amide bonds. The average molecular weight is 321 g/mol. The molecule has 5 nitrogen and oxygen atoms in total. The summed E-state index contributed by atoms with van der Waals surface area (Å²) in [5.41, 5.74) is 2.81. The smallest absolute Gasteiger partial charge is 0.252 e. The van der Waals surface area contributed by atoms with Crippen molar-refractivity contribution in [2.24, 2.45) is 11.0 Å². The lowest BCUT2D eigenvalue weighted by Crippen LogP contribution is -1.94. The molecule has 7 heteroatoms. The van der Waals surface area contributed by atoms with Crippen LogP contribution in [0.15, 0.2) is 27.7 Å². The Morgan fingerprint density at radius 3 is 2.95 bits per heavy atom. The summed E-state index contributed by atoms with van der Waals surface area (Å²) in [6.07, 6.45) is 1.84. The maximum absolute atomic E-state index is 13.6. The lowest BCUT2D eigenvalue weighted by Gasteiger charge is -2.00. The lowest BCUT2D eigenvalue weighted by molar-refractivity contribution is 0.466. The first-order valence-electron chi connectivity index (χ1n) is 6.64. The summed E-state index contributed by atoms with van der Waals surface area (Å²) in [5.74, 6) is 0.436. The predicted octanol–water partition coefficient (Wildman–Crippen LogP) is 3.98. The van der Waals surface area contributed by atoms with Crippen LogP contribution in [0.25, 0.3) is 0 Å². The Balaban J connectivity index is 2.16. The van der Waals surface area contributed by atoms with Gasteiger partial charge in [-0.05, 0) is 18.1 Å². The molecule has 0 bridgehead atoms. The summed E-state index contributed by atoms with van der Waals surface area (Å²) in [7, 11) is 0. The van der Waals surface area contributed by atoms with E-state index >= 15 is 0 Å². The first-order chi connectivity index (χ1) is 10.5. The van der Waals surface area contributed by atoms with E-state index in [0.29, 0.717) is 18.2 Å². The Bertz CT molecular complexity index is 713. The molecule has 2 rings (SSSR count). The molecule has 0 fully saturated rings. The number of hydrogen-bond donors (Lipinski definition) is 1. The number of nitrogens with one attached hydrogen (secondary N) is 1. The van der Waals surface area contributed by atoms with Gasteiger partial charge in [-0.2, -0.15) is 10.4 Å². The number of aromatic nitrogens is 1. The van der Waals surface area contributed by atoms with E-state index < -0.39 is 5.82 Å². The molecule has 22 heavy (non-hydrogen) atoms. The van der Waals surface area contributed by atoms with Crippen molar-refractivity contribution in [1.82, 2.24) is 4.98 Å². The summed E-state index contributed by atoms with van der Waals surface area (Å²) < 4.78 is 19.0. The van der Waals surface area contributed by atoms with Crippen molar-refractivity contribution in [2.45, 2.75) is 20.3 Å². The molecular formula is C15H14ClFN4O. The van der Waals surface area contributed by atoms with E-state index in [0.717, 1.165) is 0 Å². The normalized spacial score (nSPS) is 11.1. The number of anilines is 1. The molecule has 0 spiro atoms. The van der Waals surface area contributed by atoms with Gasteiger partial charge in [0.05, 0.1) is 11.2 Å². The van der Waals surface area contributed by atoms with E-state index in [1.807, 2.05) is 19.9 Å². The molecule has 2 aromatic rings. The number of nitriles is 1. The Hall–Kier alpha value is -2.39. The van der Waals surface area contributed by atoms with Gasteiger partial charge >= 0.3 is 0 Å². The highest BCUT2D eigenvalue weighted by atomic mass is 35.5. The van der Waals surface area contributed by atoms with E-state index in [1.165, 1.54) is 18.3 Å². The fourth-order valence-corrected chi connectivity index (χ4v) is 1.95. The van der Waals surface area contributed by atoms with Crippen LogP contribution in [0.2, 0.25) is 5.02 Å². The van der Waals surface area contributed by atoms with Gasteiger partial charge in [0.15, 0.2) is 5.89 Å². The van der Waals surface area contributed by atoms with E-state index in [1.54, 1.807) is 6.07 Å². The first kappa shape index (κ1) is 16.0. The molecular weight excluding hydrogens is 307 g/mol. The van der Waals surface area contributed by atoms with Crippen molar-refractivity contribution < 1.29 is 8.81 Å². The van der Waals surface area contributed by atoms with Crippen LogP contribution in [0.3, 0.4) is 0 Å². The largest absolute Gasteiger partial charge is 0.422 e. The second-order valence-electron chi connectivity index (χ2n) is 5.00. The summed E-state index contributed by atoms with van der Waals surface area (Å²) in [6.45, 7) is 4.03. The van der Waals surface area contributed by atoms with Gasteiger partial charge in [-0.3, -0.25) is 0 Å². The average Bonchev–Trinajstić information content (AvgIpc) is 2.83. The quantitative estimate of drug-likeness (QED) is 0.668. The third-order valence-corrected chi connectivity index (χ3v) is 3.05. The maximum atomic E-state index is 13.6. The molecule has 0 aliphatic rings. The van der Waals surface area contributed by atoms with Gasteiger partial charge < -0.3 is 4.42 Å². The predicted molar refractivity (Wildman–Crippen MR) is 82.4 cm³/mol. The maximum Gasteiger partial charge on any atom is 0.252 e. The van der Waals surface area contributed by atoms with Crippen LogP contribution in [-0.2, 0) is 6.42 Å². The zero-order chi connectivity index (χ0) is 16.1. The van der Waals surface area contributed by atoms with Gasteiger partial charge in [0.2, 0.25) is 5.69 Å². The topological polar surface area (TPSA) is 74.2 Å². The Morgan fingerprint density at radius 1 is 1.55 bits per heavy atom. The first-order valence-corrected chi connectivity index (χ1v) is 7.02. The molecule has 1 N–H and O–H groups in total. The number of oxazole rings is 1. The molecule has 0 atom stereocenters. The van der Waals surface area contributed by atoms with Crippen molar-refractivity contribution in [3.8, 4) is 6.07 Å². The van der Waals surface area contributed by atoms with Gasteiger partial charge in [-0.25, -0.2) is 14.8 Å². The number of halogens is 2. The molecule has 1 heterocycles. The number of benzene rings is 1. The summed E-state index contributed by atoms with van der Waals surface area (Å²) >= 11 is 5.88. The molecule has 1 aromatic carbocycles. The van der Waals surface area contributed by atoms with Gasteiger partial charge in [-0.1, -0.05) is 31.5 Å². The third kappa shape index (κ3) is 3.83. The number of hydrazone groups is 1. The van der Waals surface area contributed by atoms with Crippen LogP contribution in [0.5, 0.6) is 0 Å². The van der Waals surface area contributed by atoms with Crippen molar-refractivity contribution in [2.75, 3.05) is 5.43 Å². The van der Waals surface area contributed by atoms with Crippen LogP contribution in [0.1, 0.15) is 31.0 Å². The standard InChI is InChI=1S/C15H14ClFN4O/c1-9(2)6-14-20-13(7-18)15(22-14)21-19-8-10-11(16)4-3-5-12(10)17/h3-5,8-9,21H,6H2,1-2H3/b19-8+. The minimum Gasteiger partial charge on any atom is -0.422 e. The van der Waals surface area contributed by atoms with Crippen LogP contribution in [0.4, 0.5) is 10.3 Å². The lowest BCUT2D eigenvalue weighted by atomic mass is 10.1. The molecule has 0 saturated heterocycles. The summed E-state index contributed by atoms with van der Waals surface area (Å²) in [5, 5.41) is 13.1. The van der Waals surface area contributed by atoms with E-state index in [4.69, 9.17) is 21.3 Å². The minimum atomic E-state index is -0.489. The molecule has 114 valence electrons. The summed E-state index contributed by atoms with van der Waals surface area (Å²) in [6, 6.07) is 6.26. The highest BCUT2D eigenvalue weighted by molar-refractivity contribution is 6.33. The summed E-state index contributed by atoms with van der Waals surface area (Å²) in [4.78, 5) is 4.07. The molecule has 0 unspecified atom stereocenters. The number of nitrogens with zero attached hydrogens (tertiary/aromatic N) is 3. The molecule has 1 aromatic heterocycles. The highest BCUT2D eigenvalue weighted by Gasteiger charge is 2.13. The van der Waals surface area contributed by atoms with Crippen molar-refractivity contribution in [1.29, 1.82) is 5.26 Å². The van der Waals surface area contributed by atoms with Crippen LogP contribution in [-0.4, -0.2) is 11.2 Å². The second kappa shape index (κ2) is 7.05.